The number of ether oxygens (including phenoxy) is 1. The van der Waals surface area contributed by atoms with Crippen LogP contribution in [0.3, 0.4) is 0 Å². The lowest BCUT2D eigenvalue weighted by molar-refractivity contribution is -0.122. The summed E-state index contributed by atoms with van der Waals surface area (Å²) in [5.41, 5.74) is 0.498. The van der Waals surface area contributed by atoms with Crippen molar-refractivity contribution in [1.29, 1.82) is 0 Å². The first kappa shape index (κ1) is 14.1. The van der Waals surface area contributed by atoms with Crippen molar-refractivity contribution < 1.29 is 17.9 Å². The number of rotatable bonds is 4. The molecule has 1 amide bonds. The summed E-state index contributed by atoms with van der Waals surface area (Å²) in [6, 6.07) is 4.26. The van der Waals surface area contributed by atoms with E-state index in [2.05, 4.69) is 5.32 Å². The molecular formula is C12H14ClNO4S. The lowest BCUT2D eigenvalue weighted by atomic mass is 9.85. The Hall–Kier alpha value is -1.27. The fourth-order valence-corrected chi connectivity index (χ4v) is 2.86. The first-order valence-corrected chi connectivity index (χ1v) is 8.16. The van der Waals surface area contributed by atoms with Crippen LogP contribution in [0.4, 0.5) is 5.69 Å². The van der Waals surface area contributed by atoms with Gasteiger partial charge in [-0.3, -0.25) is 4.79 Å². The van der Waals surface area contributed by atoms with Crippen molar-refractivity contribution >= 4 is 31.3 Å². The smallest absolute Gasteiger partial charge is 0.264 e. The van der Waals surface area contributed by atoms with Gasteiger partial charge in [-0.25, -0.2) is 8.42 Å². The van der Waals surface area contributed by atoms with Crippen LogP contribution in [-0.4, -0.2) is 21.4 Å². The molecule has 5 nitrogen and oxygen atoms in total. The van der Waals surface area contributed by atoms with Crippen LogP contribution in [-0.2, 0) is 13.8 Å². The highest BCUT2D eigenvalue weighted by atomic mass is 35.7. The Bertz CT molecular complexity index is 596. The molecule has 104 valence electrons. The second kappa shape index (κ2) is 5.38. The SMILES string of the molecule is COc1cc(NC(=O)C2CCC2)ccc1S(=O)(=O)Cl. The molecule has 0 aliphatic heterocycles. The van der Waals surface area contributed by atoms with Crippen LogP contribution < -0.4 is 10.1 Å². The number of carbonyl (C=O) groups excluding carboxylic acids is 1. The maximum atomic E-state index is 11.8. The summed E-state index contributed by atoms with van der Waals surface area (Å²) in [7, 11) is 2.77. The summed E-state index contributed by atoms with van der Waals surface area (Å²) in [4.78, 5) is 11.7. The summed E-state index contributed by atoms with van der Waals surface area (Å²) in [5.74, 6) is 0.124. The molecule has 0 heterocycles. The van der Waals surface area contributed by atoms with Crippen molar-refractivity contribution in [3.63, 3.8) is 0 Å². The predicted octanol–water partition coefficient (Wildman–Crippen LogP) is 2.36. The molecule has 0 unspecified atom stereocenters. The van der Waals surface area contributed by atoms with Crippen molar-refractivity contribution in [3.05, 3.63) is 18.2 Å². The first-order valence-electron chi connectivity index (χ1n) is 5.85. The zero-order valence-corrected chi connectivity index (χ0v) is 11.9. The number of anilines is 1. The minimum atomic E-state index is -3.87. The van der Waals surface area contributed by atoms with Gasteiger partial charge in [-0.2, -0.15) is 0 Å². The van der Waals surface area contributed by atoms with E-state index in [9.17, 15) is 13.2 Å². The van der Waals surface area contributed by atoms with E-state index in [1.807, 2.05) is 0 Å². The largest absolute Gasteiger partial charge is 0.495 e. The molecule has 0 radical (unpaired) electrons. The Labute approximate surface area is 116 Å². The number of nitrogens with one attached hydrogen (secondary N) is 1. The van der Waals surface area contributed by atoms with Gasteiger partial charge in [-0.1, -0.05) is 6.42 Å². The van der Waals surface area contributed by atoms with Gasteiger partial charge in [0.1, 0.15) is 10.6 Å². The molecule has 19 heavy (non-hydrogen) atoms. The number of benzene rings is 1. The maximum Gasteiger partial charge on any atom is 0.264 e. The van der Waals surface area contributed by atoms with Crippen molar-refractivity contribution in [1.82, 2.24) is 0 Å². The van der Waals surface area contributed by atoms with Crippen molar-refractivity contribution in [2.24, 2.45) is 5.92 Å². The van der Waals surface area contributed by atoms with E-state index >= 15 is 0 Å². The van der Waals surface area contributed by atoms with Crippen LogP contribution in [0.5, 0.6) is 5.75 Å². The Morgan fingerprint density at radius 1 is 1.42 bits per heavy atom. The number of halogens is 1. The highest BCUT2D eigenvalue weighted by Crippen LogP contribution is 2.31. The second-order valence-corrected chi connectivity index (χ2v) is 6.95. The normalized spacial score (nSPS) is 15.7. The predicted molar refractivity (Wildman–Crippen MR) is 72.0 cm³/mol. The van der Waals surface area contributed by atoms with E-state index in [0.717, 1.165) is 19.3 Å². The third-order valence-electron chi connectivity index (χ3n) is 3.17. The standard InChI is InChI=1S/C12H14ClNO4S/c1-18-10-7-9(5-6-11(10)19(13,16)17)14-12(15)8-3-2-4-8/h5-8H,2-4H2,1H3,(H,14,15). The third-order valence-corrected chi connectivity index (χ3v) is 4.53. The molecule has 0 aromatic heterocycles. The topological polar surface area (TPSA) is 72.5 Å². The van der Waals surface area contributed by atoms with Crippen LogP contribution in [0.1, 0.15) is 19.3 Å². The Kier molecular flexibility index (Phi) is 4.01. The van der Waals surface area contributed by atoms with Crippen LogP contribution in [0, 0.1) is 5.92 Å². The van der Waals surface area contributed by atoms with Gasteiger partial charge in [-0.05, 0) is 25.0 Å². The molecule has 0 atom stereocenters. The van der Waals surface area contributed by atoms with E-state index in [0.29, 0.717) is 5.69 Å². The highest BCUT2D eigenvalue weighted by Gasteiger charge is 2.25. The fraction of sp³-hybridized carbons (Fsp3) is 0.417. The Morgan fingerprint density at radius 2 is 2.11 bits per heavy atom. The van der Waals surface area contributed by atoms with Gasteiger partial charge in [0.15, 0.2) is 0 Å². The maximum absolute atomic E-state index is 11.8. The molecule has 1 N–H and O–H groups in total. The Morgan fingerprint density at radius 3 is 2.58 bits per heavy atom. The minimum absolute atomic E-state index is 0.0465. The average molecular weight is 304 g/mol. The minimum Gasteiger partial charge on any atom is -0.495 e. The number of carbonyl (C=O) groups is 1. The highest BCUT2D eigenvalue weighted by molar-refractivity contribution is 8.13. The van der Waals surface area contributed by atoms with Gasteiger partial charge in [-0.15, -0.1) is 0 Å². The summed E-state index contributed by atoms with van der Waals surface area (Å²) in [6.07, 6.45) is 2.87. The molecular weight excluding hydrogens is 290 g/mol. The van der Waals surface area contributed by atoms with Gasteiger partial charge in [0, 0.05) is 28.4 Å². The number of methoxy groups -OCH3 is 1. The van der Waals surface area contributed by atoms with Crippen molar-refractivity contribution in [2.75, 3.05) is 12.4 Å². The van der Waals surface area contributed by atoms with Crippen molar-refractivity contribution in [2.45, 2.75) is 24.2 Å². The molecule has 1 saturated carbocycles. The Balaban J connectivity index is 2.21. The van der Waals surface area contributed by atoms with Crippen LogP contribution >= 0.6 is 10.7 Å². The van der Waals surface area contributed by atoms with E-state index in [1.165, 1.54) is 25.3 Å². The van der Waals surface area contributed by atoms with Crippen molar-refractivity contribution in [3.8, 4) is 5.75 Å². The van der Waals surface area contributed by atoms with E-state index in [1.54, 1.807) is 0 Å². The van der Waals surface area contributed by atoms with Gasteiger partial charge in [0.25, 0.3) is 9.05 Å². The fourth-order valence-electron chi connectivity index (χ4n) is 1.86. The second-order valence-electron chi connectivity index (χ2n) is 4.42. The lowest BCUT2D eigenvalue weighted by Gasteiger charge is -2.24. The van der Waals surface area contributed by atoms with E-state index in [4.69, 9.17) is 15.4 Å². The molecule has 0 spiro atoms. The molecule has 1 aromatic rings. The van der Waals surface area contributed by atoms with Gasteiger partial charge in [0.05, 0.1) is 7.11 Å². The van der Waals surface area contributed by atoms with Gasteiger partial charge >= 0.3 is 0 Å². The van der Waals surface area contributed by atoms with Crippen LogP contribution in [0.25, 0.3) is 0 Å². The number of hydrogen-bond acceptors (Lipinski definition) is 4. The zero-order valence-electron chi connectivity index (χ0n) is 10.3. The molecule has 7 heteroatoms. The first-order chi connectivity index (χ1) is 8.91. The average Bonchev–Trinajstić information content (AvgIpc) is 2.24. The quantitative estimate of drug-likeness (QED) is 0.867. The zero-order chi connectivity index (χ0) is 14.0. The summed E-state index contributed by atoms with van der Waals surface area (Å²) >= 11 is 0. The van der Waals surface area contributed by atoms with Gasteiger partial charge < -0.3 is 10.1 Å². The lowest BCUT2D eigenvalue weighted by Crippen LogP contribution is -2.28. The van der Waals surface area contributed by atoms with Crippen LogP contribution in [0.15, 0.2) is 23.1 Å². The van der Waals surface area contributed by atoms with E-state index < -0.39 is 9.05 Å². The number of amides is 1. The monoisotopic (exact) mass is 303 g/mol. The molecule has 1 aromatic carbocycles. The molecule has 2 rings (SSSR count). The molecule has 0 bridgehead atoms. The summed E-state index contributed by atoms with van der Waals surface area (Å²) in [6.45, 7) is 0. The third kappa shape index (κ3) is 3.19. The molecule has 0 saturated heterocycles. The molecule has 1 fully saturated rings. The van der Waals surface area contributed by atoms with Crippen LogP contribution in [0.2, 0.25) is 0 Å². The molecule has 1 aliphatic rings. The summed E-state index contributed by atoms with van der Waals surface area (Å²) in [5, 5.41) is 2.74. The molecule has 1 aliphatic carbocycles. The van der Waals surface area contributed by atoms with Gasteiger partial charge in [0.2, 0.25) is 5.91 Å². The van der Waals surface area contributed by atoms with E-state index in [-0.39, 0.29) is 22.5 Å². The summed E-state index contributed by atoms with van der Waals surface area (Å²) < 4.78 is 27.6. The number of hydrogen-bond donors (Lipinski definition) is 1.